The summed E-state index contributed by atoms with van der Waals surface area (Å²) in [7, 11) is -3.67. The van der Waals surface area contributed by atoms with Crippen molar-refractivity contribution in [3.8, 4) is 0 Å². The first-order valence-corrected chi connectivity index (χ1v) is 11.1. The quantitative estimate of drug-likeness (QED) is 0.615. The van der Waals surface area contributed by atoms with Crippen LogP contribution in [-0.2, 0) is 21.2 Å². The Balaban J connectivity index is 1.94. The second-order valence-corrected chi connectivity index (χ2v) is 9.04. The molecule has 27 heavy (non-hydrogen) atoms. The number of nitrogens with one attached hydrogen (secondary N) is 1. The molecule has 0 saturated carbocycles. The molecule has 0 aliphatic heterocycles. The zero-order valence-electron chi connectivity index (χ0n) is 14.6. The summed E-state index contributed by atoms with van der Waals surface area (Å²) in [5.74, 6) is -0.411. The number of carbonyl (C=O) groups is 1. The number of nitrogens with zero attached hydrogens (tertiary/aromatic N) is 1. The number of hydrogen-bond donors (Lipinski definition) is 1. The number of carbonyl (C=O) groups excluding carboxylic acids is 1. The molecule has 1 N–H and O–H groups in total. The van der Waals surface area contributed by atoms with Gasteiger partial charge in [-0.1, -0.05) is 53.0 Å². The van der Waals surface area contributed by atoms with Gasteiger partial charge in [0, 0.05) is 11.6 Å². The minimum atomic E-state index is -3.67. The van der Waals surface area contributed by atoms with Crippen LogP contribution < -0.4 is 9.62 Å². The lowest BCUT2D eigenvalue weighted by Gasteiger charge is -2.22. The third-order valence-electron chi connectivity index (χ3n) is 3.78. The van der Waals surface area contributed by atoms with Crippen LogP contribution in [0.1, 0.15) is 12.0 Å². The van der Waals surface area contributed by atoms with Gasteiger partial charge in [-0.15, -0.1) is 0 Å². The molecule has 5 nitrogen and oxygen atoms in total. The molecule has 2 aromatic rings. The highest BCUT2D eigenvalue weighted by molar-refractivity contribution is 7.92. The second kappa shape index (κ2) is 9.64. The molecule has 2 rings (SSSR count). The number of hydrogen-bond acceptors (Lipinski definition) is 3. The van der Waals surface area contributed by atoms with Gasteiger partial charge in [-0.3, -0.25) is 9.10 Å². The van der Waals surface area contributed by atoms with Crippen molar-refractivity contribution < 1.29 is 13.2 Å². The van der Waals surface area contributed by atoms with Crippen LogP contribution in [0.2, 0.25) is 15.1 Å². The van der Waals surface area contributed by atoms with Gasteiger partial charge in [0.15, 0.2) is 0 Å². The average Bonchev–Trinajstić information content (AvgIpc) is 2.59. The van der Waals surface area contributed by atoms with Crippen LogP contribution in [0.5, 0.6) is 0 Å². The van der Waals surface area contributed by atoms with Crippen molar-refractivity contribution in [3.05, 3.63) is 63.1 Å². The monoisotopic (exact) mass is 448 g/mol. The number of benzene rings is 2. The molecular weight excluding hydrogens is 431 g/mol. The highest BCUT2D eigenvalue weighted by atomic mass is 35.5. The van der Waals surface area contributed by atoms with Crippen molar-refractivity contribution in [2.45, 2.75) is 12.8 Å². The molecule has 0 atom stereocenters. The smallest absolute Gasteiger partial charge is 0.240 e. The van der Waals surface area contributed by atoms with Crippen LogP contribution in [0, 0.1) is 0 Å². The molecule has 9 heteroatoms. The molecule has 0 fully saturated rings. The van der Waals surface area contributed by atoms with Gasteiger partial charge >= 0.3 is 0 Å². The van der Waals surface area contributed by atoms with Crippen LogP contribution in [0.3, 0.4) is 0 Å². The molecule has 0 heterocycles. The van der Waals surface area contributed by atoms with Crippen molar-refractivity contribution in [2.24, 2.45) is 0 Å². The van der Waals surface area contributed by atoms with Gasteiger partial charge < -0.3 is 5.32 Å². The molecular formula is C18H19Cl3N2O3S. The summed E-state index contributed by atoms with van der Waals surface area (Å²) in [5.41, 5.74) is 1.28. The lowest BCUT2D eigenvalue weighted by Crippen LogP contribution is -2.40. The number of halogens is 3. The molecule has 0 aromatic heterocycles. The minimum absolute atomic E-state index is 0.211. The predicted molar refractivity (Wildman–Crippen MR) is 111 cm³/mol. The molecule has 0 aliphatic carbocycles. The fourth-order valence-electron chi connectivity index (χ4n) is 2.43. The van der Waals surface area contributed by atoms with Crippen molar-refractivity contribution in [1.29, 1.82) is 0 Å². The fourth-order valence-corrected chi connectivity index (χ4v) is 3.81. The normalized spacial score (nSPS) is 11.3. The van der Waals surface area contributed by atoms with Crippen LogP contribution in [0.25, 0.3) is 0 Å². The van der Waals surface area contributed by atoms with Crippen LogP contribution >= 0.6 is 34.8 Å². The van der Waals surface area contributed by atoms with E-state index in [0.717, 1.165) is 16.1 Å². The van der Waals surface area contributed by atoms with E-state index in [1.807, 2.05) is 24.3 Å². The number of anilines is 1. The van der Waals surface area contributed by atoms with Crippen LogP contribution in [0.15, 0.2) is 42.5 Å². The Hall–Kier alpha value is -1.47. The maximum atomic E-state index is 12.2. The van der Waals surface area contributed by atoms with E-state index in [1.54, 1.807) is 0 Å². The van der Waals surface area contributed by atoms with E-state index >= 15 is 0 Å². The van der Waals surface area contributed by atoms with Crippen molar-refractivity contribution in [2.75, 3.05) is 23.7 Å². The molecule has 0 saturated heterocycles. The third kappa shape index (κ3) is 6.57. The lowest BCUT2D eigenvalue weighted by atomic mass is 10.1. The Morgan fingerprint density at radius 1 is 1.04 bits per heavy atom. The zero-order chi connectivity index (χ0) is 20.0. The highest BCUT2D eigenvalue weighted by Gasteiger charge is 2.21. The van der Waals surface area contributed by atoms with Gasteiger partial charge in [0.25, 0.3) is 0 Å². The van der Waals surface area contributed by atoms with E-state index in [2.05, 4.69) is 5.32 Å². The summed E-state index contributed by atoms with van der Waals surface area (Å²) in [4.78, 5) is 12.2. The summed E-state index contributed by atoms with van der Waals surface area (Å²) in [5, 5.41) is 3.92. The number of aryl methyl sites for hydroxylation is 1. The standard InChI is InChI=1S/C18H19Cl3N2O3S/c1-27(25,26)23(14-8-9-16(20)17(21)11-14)12-18(24)22-10-4-6-13-5-2-3-7-15(13)19/h2-3,5,7-9,11H,4,6,10,12H2,1H3,(H,22,24). The van der Waals surface area contributed by atoms with Gasteiger partial charge in [0.2, 0.25) is 15.9 Å². The Bertz CT molecular complexity index is 920. The van der Waals surface area contributed by atoms with E-state index in [4.69, 9.17) is 34.8 Å². The molecule has 2 aromatic carbocycles. The first-order chi connectivity index (χ1) is 12.7. The maximum absolute atomic E-state index is 12.2. The Kier molecular flexibility index (Phi) is 7.79. The number of amides is 1. The summed E-state index contributed by atoms with van der Waals surface area (Å²) < 4.78 is 25.1. The zero-order valence-corrected chi connectivity index (χ0v) is 17.7. The summed E-state index contributed by atoms with van der Waals surface area (Å²) in [6, 6.07) is 11.9. The summed E-state index contributed by atoms with van der Waals surface area (Å²) >= 11 is 17.9. The van der Waals surface area contributed by atoms with Crippen molar-refractivity contribution in [3.63, 3.8) is 0 Å². The molecule has 0 radical (unpaired) electrons. The molecule has 0 spiro atoms. The maximum Gasteiger partial charge on any atom is 0.240 e. The van der Waals surface area contributed by atoms with E-state index < -0.39 is 15.9 Å². The molecule has 1 amide bonds. The second-order valence-electron chi connectivity index (χ2n) is 5.91. The van der Waals surface area contributed by atoms with Crippen molar-refractivity contribution >= 4 is 56.4 Å². The third-order valence-corrected chi connectivity index (χ3v) is 6.03. The van der Waals surface area contributed by atoms with Gasteiger partial charge in [-0.2, -0.15) is 0 Å². The minimum Gasteiger partial charge on any atom is -0.355 e. The molecule has 0 unspecified atom stereocenters. The Labute approximate surface area is 174 Å². The van der Waals surface area contributed by atoms with Gasteiger partial charge in [-0.25, -0.2) is 8.42 Å². The number of rotatable bonds is 8. The van der Waals surface area contributed by atoms with Crippen molar-refractivity contribution in [1.82, 2.24) is 5.32 Å². The summed E-state index contributed by atoms with van der Waals surface area (Å²) in [6.45, 7) is 0.0614. The average molecular weight is 450 g/mol. The Morgan fingerprint density at radius 3 is 2.37 bits per heavy atom. The van der Waals surface area contributed by atoms with Gasteiger partial charge in [0.05, 0.1) is 22.0 Å². The molecule has 0 aliphatic rings. The molecule has 146 valence electrons. The molecule has 0 bridgehead atoms. The first-order valence-electron chi connectivity index (χ1n) is 8.11. The fraction of sp³-hybridized carbons (Fsp3) is 0.278. The van der Waals surface area contributed by atoms with E-state index in [9.17, 15) is 13.2 Å². The van der Waals surface area contributed by atoms with Crippen LogP contribution in [-0.4, -0.2) is 33.7 Å². The highest BCUT2D eigenvalue weighted by Crippen LogP contribution is 2.28. The van der Waals surface area contributed by atoms with Crippen LogP contribution in [0.4, 0.5) is 5.69 Å². The first kappa shape index (κ1) is 21.8. The van der Waals surface area contributed by atoms with Gasteiger partial charge in [0.1, 0.15) is 6.54 Å². The predicted octanol–water partition coefficient (Wildman–Crippen LogP) is 4.16. The number of sulfonamides is 1. The van der Waals surface area contributed by atoms with Gasteiger partial charge in [-0.05, 0) is 42.7 Å². The largest absolute Gasteiger partial charge is 0.355 e. The topological polar surface area (TPSA) is 66.5 Å². The summed E-state index contributed by atoms with van der Waals surface area (Å²) in [6.07, 6.45) is 2.42. The lowest BCUT2D eigenvalue weighted by molar-refractivity contribution is -0.119. The van der Waals surface area contributed by atoms with E-state index in [-0.39, 0.29) is 17.3 Å². The Morgan fingerprint density at radius 2 is 1.74 bits per heavy atom. The van der Waals surface area contributed by atoms with E-state index in [0.29, 0.717) is 29.4 Å². The SMILES string of the molecule is CS(=O)(=O)N(CC(=O)NCCCc1ccccc1Cl)c1ccc(Cl)c(Cl)c1. The van der Waals surface area contributed by atoms with E-state index in [1.165, 1.54) is 18.2 Å².